The molecule has 0 saturated carbocycles. The normalized spacial score (nSPS) is 10.3. The summed E-state index contributed by atoms with van der Waals surface area (Å²) >= 11 is 0. The lowest BCUT2D eigenvalue weighted by molar-refractivity contribution is 0.0473. The number of ketones is 1. The third-order valence-electron chi connectivity index (χ3n) is 4.02. The van der Waals surface area contributed by atoms with Crippen LogP contribution >= 0.6 is 0 Å². The lowest BCUT2D eigenvalue weighted by Crippen LogP contribution is -2.15. The molecule has 0 heterocycles. The predicted molar refractivity (Wildman–Crippen MR) is 102 cm³/mol. The van der Waals surface area contributed by atoms with Crippen LogP contribution in [0.5, 0.6) is 17.2 Å². The molecule has 28 heavy (non-hydrogen) atoms. The van der Waals surface area contributed by atoms with Crippen molar-refractivity contribution in [2.24, 2.45) is 0 Å². The minimum absolute atomic E-state index is 0.308. The molecule has 0 aliphatic rings. The van der Waals surface area contributed by atoms with Gasteiger partial charge in [0.1, 0.15) is 17.2 Å². The first-order valence-electron chi connectivity index (χ1n) is 8.71. The Hall–Kier alpha value is -3.06. The summed E-state index contributed by atoms with van der Waals surface area (Å²) in [5.41, 5.74) is 1.34. The van der Waals surface area contributed by atoms with Crippen LogP contribution in [-0.2, 0) is 16.1 Å². The highest BCUT2D eigenvalue weighted by molar-refractivity contribution is 6.01. The standard InChI is InChI=1S/C21H24O7/c1-5-27-12-15-10-14(6-9-19(15)25-3)21(23)28-13-18(22)17-8-7-16(24-2)11-20(17)26-4/h6-11H,5,12-13H2,1-4H3. The molecular weight excluding hydrogens is 364 g/mol. The summed E-state index contributed by atoms with van der Waals surface area (Å²) in [5, 5.41) is 0. The van der Waals surface area contributed by atoms with Crippen molar-refractivity contribution in [2.45, 2.75) is 13.5 Å². The maximum Gasteiger partial charge on any atom is 0.338 e. The van der Waals surface area contributed by atoms with E-state index < -0.39 is 12.6 Å². The Morgan fingerprint density at radius 2 is 1.64 bits per heavy atom. The summed E-state index contributed by atoms with van der Waals surface area (Å²) in [6, 6.07) is 9.69. The van der Waals surface area contributed by atoms with E-state index in [9.17, 15) is 9.59 Å². The smallest absolute Gasteiger partial charge is 0.338 e. The maximum atomic E-state index is 12.4. The maximum absolute atomic E-state index is 12.4. The van der Waals surface area contributed by atoms with E-state index in [2.05, 4.69) is 0 Å². The molecule has 150 valence electrons. The molecule has 0 saturated heterocycles. The monoisotopic (exact) mass is 388 g/mol. The highest BCUT2D eigenvalue weighted by Gasteiger charge is 2.17. The van der Waals surface area contributed by atoms with Crippen LogP contribution in [0.1, 0.15) is 33.2 Å². The van der Waals surface area contributed by atoms with Crippen molar-refractivity contribution < 1.29 is 33.3 Å². The zero-order chi connectivity index (χ0) is 20.5. The zero-order valence-corrected chi connectivity index (χ0v) is 16.4. The van der Waals surface area contributed by atoms with Crippen LogP contribution in [0.25, 0.3) is 0 Å². The van der Waals surface area contributed by atoms with Crippen molar-refractivity contribution in [1.82, 2.24) is 0 Å². The molecule has 0 aliphatic heterocycles. The van der Waals surface area contributed by atoms with E-state index in [0.29, 0.717) is 41.6 Å². The van der Waals surface area contributed by atoms with Crippen LogP contribution < -0.4 is 14.2 Å². The second-order valence-electron chi connectivity index (χ2n) is 5.73. The molecule has 0 fully saturated rings. The Morgan fingerprint density at radius 3 is 2.29 bits per heavy atom. The molecule has 0 aromatic heterocycles. The number of hydrogen-bond acceptors (Lipinski definition) is 7. The second-order valence-corrected chi connectivity index (χ2v) is 5.73. The van der Waals surface area contributed by atoms with Gasteiger partial charge in [0.15, 0.2) is 6.61 Å². The highest BCUT2D eigenvalue weighted by Crippen LogP contribution is 2.25. The summed E-state index contributed by atoms with van der Waals surface area (Å²) in [6.45, 7) is 2.32. The zero-order valence-electron chi connectivity index (χ0n) is 16.4. The molecule has 2 aromatic carbocycles. The average Bonchev–Trinajstić information content (AvgIpc) is 2.74. The van der Waals surface area contributed by atoms with Gasteiger partial charge in [-0.15, -0.1) is 0 Å². The van der Waals surface area contributed by atoms with Crippen molar-refractivity contribution in [3.63, 3.8) is 0 Å². The Balaban J connectivity index is 2.08. The van der Waals surface area contributed by atoms with Gasteiger partial charge in [0.25, 0.3) is 0 Å². The third-order valence-corrected chi connectivity index (χ3v) is 4.02. The summed E-state index contributed by atoms with van der Waals surface area (Å²) < 4.78 is 26.1. The van der Waals surface area contributed by atoms with Crippen LogP contribution in [-0.4, -0.2) is 46.3 Å². The number of rotatable bonds is 10. The van der Waals surface area contributed by atoms with Crippen molar-refractivity contribution >= 4 is 11.8 Å². The van der Waals surface area contributed by atoms with Gasteiger partial charge >= 0.3 is 5.97 Å². The van der Waals surface area contributed by atoms with Crippen molar-refractivity contribution in [1.29, 1.82) is 0 Å². The van der Waals surface area contributed by atoms with Gasteiger partial charge in [-0.1, -0.05) is 0 Å². The molecule has 7 nitrogen and oxygen atoms in total. The number of methoxy groups -OCH3 is 3. The van der Waals surface area contributed by atoms with Crippen molar-refractivity contribution in [3.8, 4) is 17.2 Å². The number of ether oxygens (including phenoxy) is 5. The lowest BCUT2D eigenvalue weighted by Gasteiger charge is -2.12. The summed E-state index contributed by atoms with van der Waals surface area (Å²) in [6.07, 6.45) is 0. The fraction of sp³-hybridized carbons (Fsp3) is 0.333. The van der Waals surface area contributed by atoms with E-state index in [4.69, 9.17) is 23.7 Å². The molecule has 0 atom stereocenters. The van der Waals surface area contributed by atoms with Crippen LogP contribution in [0.3, 0.4) is 0 Å². The molecule has 0 N–H and O–H groups in total. The molecule has 0 bridgehead atoms. The van der Waals surface area contributed by atoms with Gasteiger partial charge in [0.05, 0.1) is 39.1 Å². The average molecular weight is 388 g/mol. The van der Waals surface area contributed by atoms with Gasteiger partial charge in [-0.05, 0) is 37.3 Å². The summed E-state index contributed by atoms with van der Waals surface area (Å²) in [5.74, 6) is 0.537. The van der Waals surface area contributed by atoms with Gasteiger partial charge in [-0.3, -0.25) is 4.79 Å². The van der Waals surface area contributed by atoms with Gasteiger partial charge < -0.3 is 23.7 Å². The van der Waals surface area contributed by atoms with E-state index in [1.165, 1.54) is 14.2 Å². The Labute approximate surface area is 164 Å². The number of Topliss-reactive ketones (excluding diaryl/α,β-unsaturated/α-hetero) is 1. The van der Waals surface area contributed by atoms with E-state index >= 15 is 0 Å². The Bertz CT molecular complexity index is 829. The second kappa shape index (κ2) is 10.3. The highest BCUT2D eigenvalue weighted by atomic mass is 16.5. The molecular formula is C21H24O7. The lowest BCUT2D eigenvalue weighted by atomic mass is 10.1. The first kappa shape index (κ1) is 21.2. The van der Waals surface area contributed by atoms with Gasteiger partial charge in [0.2, 0.25) is 5.78 Å². The Kier molecular flexibility index (Phi) is 7.83. The van der Waals surface area contributed by atoms with E-state index in [1.54, 1.807) is 43.5 Å². The molecule has 0 amide bonds. The topological polar surface area (TPSA) is 80.3 Å². The largest absolute Gasteiger partial charge is 0.497 e. The first-order valence-corrected chi connectivity index (χ1v) is 8.71. The van der Waals surface area contributed by atoms with Crippen LogP contribution in [0.4, 0.5) is 0 Å². The molecule has 0 radical (unpaired) electrons. The van der Waals surface area contributed by atoms with Gasteiger partial charge in [-0.25, -0.2) is 4.79 Å². The van der Waals surface area contributed by atoms with Crippen molar-refractivity contribution in [2.75, 3.05) is 34.5 Å². The summed E-state index contributed by atoms with van der Waals surface area (Å²) in [4.78, 5) is 24.8. The third kappa shape index (κ3) is 5.23. The molecule has 7 heteroatoms. The van der Waals surface area contributed by atoms with Crippen LogP contribution in [0.15, 0.2) is 36.4 Å². The fourth-order valence-corrected chi connectivity index (χ4v) is 2.55. The minimum atomic E-state index is -0.610. The quantitative estimate of drug-likeness (QED) is 0.456. The van der Waals surface area contributed by atoms with Crippen LogP contribution in [0.2, 0.25) is 0 Å². The Morgan fingerprint density at radius 1 is 0.893 bits per heavy atom. The van der Waals surface area contributed by atoms with E-state index in [-0.39, 0.29) is 5.78 Å². The number of benzene rings is 2. The number of carbonyl (C=O) groups excluding carboxylic acids is 2. The van der Waals surface area contributed by atoms with E-state index in [1.807, 2.05) is 6.92 Å². The molecule has 2 aromatic rings. The van der Waals surface area contributed by atoms with Crippen LogP contribution in [0, 0.1) is 0 Å². The molecule has 0 unspecified atom stereocenters. The van der Waals surface area contributed by atoms with Gasteiger partial charge in [-0.2, -0.15) is 0 Å². The SMILES string of the molecule is CCOCc1cc(C(=O)OCC(=O)c2ccc(OC)cc2OC)ccc1OC. The predicted octanol–water partition coefficient (Wildman–Crippen LogP) is 3.29. The van der Waals surface area contributed by atoms with Crippen molar-refractivity contribution in [3.05, 3.63) is 53.1 Å². The van der Waals surface area contributed by atoms with Gasteiger partial charge in [0, 0.05) is 18.2 Å². The number of esters is 1. The fourth-order valence-electron chi connectivity index (χ4n) is 2.55. The number of carbonyl (C=O) groups is 2. The first-order chi connectivity index (χ1) is 13.5. The number of hydrogen-bond donors (Lipinski definition) is 0. The molecule has 0 spiro atoms. The van der Waals surface area contributed by atoms with E-state index in [0.717, 1.165) is 5.56 Å². The summed E-state index contributed by atoms with van der Waals surface area (Å²) in [7, 11) is 4.52. The molecule has 2 rings (SSSR count). The molecule has 0 aliphatic carbocycles. The minimum Gasteiger partial charge on any atom is -0.497 e.